The first kappa shape index (κ1) is 57.0. The number of aliphatic hydroxyl groups excluding tert-OH is 1. The summed E-state index contributed by atoms with van der Waals surface area (Å²) in [5.74, 6) is -0.151. The van der Waals surface area contributed by atoms with Crippen molar-refractivity contribution in [2.75, 3.05) is 40.9 Å². The Morgan fingerprint density at radius 1 is 0.586 bits per heavy atom. The highest BCUT2D eigenvalue weighted by Gasteiger charge is 2.28. The highest BCUT2D eigenvalue weighted by atomic mass is 31.2. The number of nitrogens with one attached hydrogen (secondary N) is 1. The van der Waals surface area contributed by atoms with Crippen LogP contribution in [0.3, 0.4) is 0 Å². The molecule has 1 amide bonds. The van der Waals surface area contributed by atoms with Crippen LogP contribution in [0.4, 0.5) is 0 Å². The van der Waals surface area contributed by atoms with Crippen LogP contribution in [-0.2, 0) is 18.4 Å². The number of hydrogen-bond acceptors (Lipinski definition) is 5. The van der Waals surface area contributed by atoms with Crippen LogP contribution in [0.1, 0.15) is 232 Å². The number of carbonyl (C=O) groups excluding carboxylic acids is 1. The summed E-state index contributed by atoms with van der Waals surface area (Å²) < 4.78 is 23.7. The molecule has 0 aromatic rings. The van der Waals surface area contributed by atoms with Gasteiger partial charge in [0.2, 0.25) is 5.91 Å². The van der Waals surface area contributed by atoms with Gasteiger partial charge in [-0.2, -0.15) is 0 Å². The van der Waals surface area contributed by atoms with Crippen LogP contribution < -0.4 is 5.32 Å². The van der Waals surface area contributed by atoms with E-state index in [4.69, 9.17) is 9.05 Å². The van der Waals surface area contributed by atoms with Crippen molar-refractivity contribution in [2.24, 2.45) is 0 Å². The average molecular weight is 842 g/mol. The van der Waals surface area contributed by atoms with E-state index in [1.807, 2.05) is 21.1 Å². The van der Waals surface area contributed by atoms with Crippen molar-refractivity contribution < 1.29 is 32.9 Å². The Hall–Kier alpha value is -1.02. The first-order valence-corrected chi connectivity index (χ1v) is 26.2. The molecule has 58 heavy (non-hydrogen) atoms. The largest absolute Gasteiger partial charge is 0.472 e. The highest BCUT2D eigenvalue weighted by Crippen LogP contribution is 2.43. The zero-order valence-corrected chi connectivity index (χ0v) is 39.9. The number of nitrogens with zero attached hydrogens (tertiary/aromatic N) is 1. The summed E-state index contributed by atoms with van der Waals surface area (Å²) in [6, 6.07) is -0.762. The van der Waals surface area contributed by atoms with Crippen LogP contribution in [0, 0.1) is 0 Å². The number of unbranched alkanes of at least 4 members (excludes halogenated alkanes) is 28. The monoisotopic (exact) mass is 842 g/mol. The molecule has 344 valence electrons. The minimum atomic E-state index is -4.32. The Bertz CT molecular complexity index is 1000. The second kappa shape index (κ2) is 41.3. The molecule has 9 heteroatoms. The lowest BCUT2D eigenvalue weighted by atomic mass is 10.0. The Balaban J connectivity index is 4.24. The Kier molecular flexibility index (Phi) is 40.6. The smallest absolute Gasteiger partial charge is 0.391 e. The van der Waals surface area contributed by atoms with E-state index in [1.165, 1.54) is 154 Å². The van der Waals surface area contributed by atoms with Crippen LogP contribution in [-0.4, -0.2) is 73.4 Å². The van der Waals surface area contributed by atoms with Gasteiger partial charge in [0.25, 0.3) is 0 Å². The number of phosphoric acid groups is 1. The lowest BCUT2D eigenvalue weighted by Crippen LogP contribution is -2.46. The topological polar surface area (TPSA) is 105 Å². The summed E-state index contributed by atoms with van der Waals surface area (Å²) in [5.41, 5.74) is 0. The van der Waals surface area contributed by atoms with Crippen LogP contribution in [0.25, 0.3) is 0 Å². The molecule has 0 aliphatic rings. The number of phosphoric ester groups is 1. The number of aliphatic hydroxyl groups is 1. The standard InChI is InChI=1S/C49H97N2O6P/c1-6-8-10-12-14-16-18-20-21-22-23-24-25-26-27-28-29-31-33-35-37-39-41-43-49(53)50-47(46-57-58(54,55)56-45-44-51(3,4)5)48(52)42-40-38-36-34-32-30-19-17-15-13-11-9-7-2/h23-24,26-27,47-48,52H,6-22,25,28-46H2,1-5H3,(H-,50,53,54,55)/p+1/b24-23-,27-26-. The number of quaternary nitrogens is 1. The first-order chi connectivity index (χ1) is 28.0. The number of rotatable bonds is 45. The van der Waals surface area contributed by atoms with Crippen LogP contribution in [0.2, 0.25) is 0 Å². The minimum absolute atomic E-state index is 0.0736. The normalized spacial score (nSPS) is 14.4. The second-order valence-corrected chi connectivity index (χ2v) is 19.6. The van der Waals surface area contributed by atoms with E-state index in [0.717, 1.165) is 51.4 Å². The van der Waals surface area contributed by atoms with Crippen molar-refractivity contribution in [1.82, 2.24) is 5.32 Å². The van der Waals surface area contributed by atoms with Crippen LogP contribution in [0.5, 0.6) is 0 Å². The molecule has 0 aliphatic heterocycles. The van der Waals surface area contributed by atoms with Gasteiger partial charge < -0.3 is 19.8 Å². The van der Waals surface area contributed by atoms with Gasteiger partial charge in [0.05, 0.1) is 39.9 Å². The van der Waals surface area contributed by atoms with Gasteiger partial charge in [-0.1, -0.05) is 205 Å². The molecule has 0 aromatic carbocycles. The lowest BCUT2D eigenvalue weighted by molar-refractivity contribution is -0.870. The van der Waals surface area contributed by atoms with Crippen molar-refractivity contribution in [3.8, 4) is 0 Å². The third kappa shape index (κ3) is 43.1. The van der Waals surface area contributed by atoms with Crippen molar-refractivity contribution in [3.05, 3.63) is 24.3 Å². The first-order valence-electron chi connectivity index (χ1n) is 24.7. The van der Waals surface area contributed by atoms with Gasteiger partial charge in [0, 0.05) is 6.42 Å². The van der Waals surface area contributed by atoms with Crippen molar-refractivity contribution in [1.29, 1.82) is 0 Å². The molecule has 0 bridgehead atoms. The number of amides is 1. The molecule has 0 aliphatic carbocycles. The Morgan fingerprint density at radius 3 is 1.41 bits per heavy atom. The average Bonchev–Trinajstić information content (AvgIpc) is 3.17. The van der Waals surface area contributed by atoms with Crippen molar-refractivity contribution >= 4 is 13.7 Å². The summed E-state index contributed by atoms with van der Waals surface area (Å²) in [7, 11) is 1.61. The van der Waals surface area contributed by atoms with E-state index in [0.29, 0.717) is 23.9 Å². The van der Waals surface area contributed by atoms with E-state index in [-0.39, 0.29) is 19.1 Å². The maximum Gasteiger partial charge on any atom is 0.472 e. The molecule has 0 saturated carbocycles. The molecule has 0 radical (unpaired) electrons. The van der Waals surface area contributed by atoms with E-state index in [9.17, 15) is 19.4 Å². The summed E-state index contributed by atoms with van der Waals surface area (Å²) in [6.45, 7) is 4.89. The van der Waals surface area contributed by atoms with Crippen LogP contribution >= 0.6 is 7.82 Å². The molecular formula is C49H98N2O6P+. The van der Waals surface area contributed by atoms with Gasteiger partial charge in [-0.15, -0.1) is 0 Å². The number of allylic oxidation sites excluding steroid dienone is 4. The van der Waals surface area contributed by atoms with Crippen molar-refractivity contribution in [2.45, 2.75) is 244 Å². The summed E-state index contributed by atoms with van der Waals surface area (Å²) >= 11 is 0. The van der Waals surface area contributed by atoms with Gasteiger partial charge in [0.15, 0.2) is 0 Å². The number of hydrogen-bond donors (Lipinski definition) is 3. The summed E-state index contributed by atoms with van der Waals surface area (Å²) in [4.78, 5) is 23.2. The molecule has 0 rings (SSSR count). The van der Waals surface area contributed by atoms with E-state index in [2.05, 4.69) is 43.5 Å². The number of likely N-dealkylation sites (N-methyl/N-ethyl adjacent to an activating group) is 1. The van der Waals surface area contributed by atoms with Gasteiger partial charge in [-0.05, 0) is 44.9 Å². The zero-order valence-electron chi connectivity index (χ0n) is 39.0. The van der Waals surface area contributed by atoms with Gasteiger partial charge in [-0.25, -0.2) is 4.57 Å². The summed E-state index contributed by atoms with van der Waals surface area (Å²) in [5, 5.41) is 14.0. The van der Waals surface area contributed by atoms with Crippen molar-refractivity contribution in [3.63, 3.8) is 0 Å². The van der Waals surface area contributed by atoms with E-state index < -0.39 is 20.0 Å². The molecule has 3 N–H and O–H groups in total. The quantitative estimate of drug-likeness (QED) is 0.0244. The minimum Gasteiger partial charge on any atom is -0.391 e. The van der Waals surface area contributed by atoms with Crippen LogP contribution in [0.15, 0.2) is 24.3 Å². The summed E-state index contributed by atoms with van der Waals surface area (Å²) in [6.07, 6.45) is 49.2. The molecule has 0 heterocycles. The maximum atomic E-state index is 12.9. The fraction of sp³-hybridized carbons (Fsp3) is 0.898. The maximum absolute atomic E-state index is 12.9. The highest BCUT2D eigenvalue weighted by molar-refractivity contribution is 7.47. The molecule has 3 unspecified atom stereocenters. The third-order valence-electron chi connectivity index (χ3n) is 11.2. The molecule has 3 atom stereocenters. The molecule has 0 saturated heterocycles. The molecule has 0 spiro atoms. The van der Waals surface area contributed by atoms with Gasteiger partial charge >= 0.3 is 7.82 Å². The molecule has 0 fully saturated rings. The van der Waals surface area contributed by atoms with Gasteiger partial charge in [-0.3, -0.25) is 13.8 Å². The second-order valence-electron chi connectivity index (χ2n) is 18.2. The van der Waals surface area contributed by atoms with Gasteiger partial charge in [0.1, 0.15) is 13.2 Å². The van der Waals surface area contributed by atoms with E-state index >= 15 is 0 Å². The third-order valence-corrected chi connectivity index (χ3v) is 12.2. The fourth-order valence-corrected chi connectivity index (χ4v) is 7.99. The Morgan fingerprint density at radius 2 is 0.983 bits per heavy atom. The zero-order chi connectivity index (χ0) is 42.8. The predicted octanol–water partition coefficient (Wildman–Crippen LogP) is 14.1. The number of carbonyl (C=O) groups is 1. The lowest BCUT2D eigenvalue weighted by Gasteiger charge is -2.26. The predicted molar refractivity (Wildman–Crippen MR) is 249 cm³/mol. The molecule has 0 aromatic heterocycles. The van der Waals surface area contributed by atoms with E-state index in [1.54, 1.807) is 0 Å². The SMILES string of the molecule is CCCCCCCCCCC/C=C\C/C=C\CCCCCCCCCC(=O)NC(COP(=O)(O)OCC[N+](C)(C)C)C(O)CCCCCCCCCCCCCCC. The Labute approximate surface area is 360 Å². The molecule has 8 nitrogen and oxygen atoms in total. The fourth-order valence-electron chi connectivity index (χ4n) is 7.25. The molecular weight excluding hydrogens is 744 g/mol.